The van der Waals surface area contributed by atoms with Crippen molar-refractivity contribution in [2.45, 2.75) is 39.2 Å². The van der Waals surface area contributed by atoms with E-state index >= 15 is 0 Å². The number of carbonyl (C=O) groups excluding carboxylic acids is 3. The smallest absolute Gasteiger partial charge is 0.307 e. The van der Waals surface area contributed by atoms with Gasteiger partial charge in [0.2, 0.25) is 0 Å². The van der Waals surface area contributed by atoms with Gasteiger partial charge in [-0.2, -0.15) is 0 Å². The quantitative estimate of drug-likeness (QED) is 0.555. The van der Waals surface area contributed by atoms with Crippen molar-refractivity contribution >= 4 is 34.7 Å². The Bertz CT molecular complexity index is 785. The van der Waals surface area contributed by atoms with Gasteiger partial charge in [0.05, 0.1) is 11.3 Å². The summed E-state index contributed by atoms with van der Waals surface area (Å²) in [5.41, 5.74) is 0.411. The molecule has 0 saturated carbocycles. The van der Waals surface area contributed by atoms with E-state index in [9.17, 15) is 18.8 Å². The summed E-state index contributed by atoms with van der Waals surface area (Å²) in [5.74, 6) is -1.63. The molecule has 1 aromatic carbocycles. The zero-order valence-corrected chi connectivity index (χ0v) is 15.4. The number of thiophene rings is 1. The van der Waals surface area contributed by atoms with E-state index in [1.54, 1.807) is 13.0 Å². The number of amides is 1. The fourth-order valence-electron chi connectivity index (χ4n) is 2.22. The summed E-state index contributed by atoms with van der Waals surface area (Å²) >= 11 is 1.38. The third kappa shape index (κ3) is 5.77. The number of nitrogens with one attached hydrogen (secondary N) is 1. The van der Waals surface area contributed by atoms with Crippen LogP contribution in [0.15, 0.2) is 36.4 Å². The molecule has 1 N–H and O–H groups in total. The van der Waals surface area contributed by atoms with Crippen LogP contribution in [-0.4, -0.2) is 23.8 Å². The molecule has 1 amide bonds. The van der Waals surface area contributed by atoms with Gasteiger partial charge in [-0.05, 0) is 49.7 Å². The molecule has 0 spiro atoms. The molecule has 138 valence electrons. The van der Waals surface area contributed by atoms with Gasteiger partial charge in [0, 0.05) is 17.0 Å². The molecule has 2 aromatic rings. The monoisotopic (exact) mass is 377 g/mol. The molecular weight excluding hydrogens is 357 g/mol. The standard InChI is InChI=1S/C19H20FNO4S/c1-3-16(19(24)21-14-7-5-13(20)6-8-14)25-18(23)11-9-15(22)17-10-4-12(2)26-17/h4-8,10,16H,3,9,11H2,1-2H3,(H,21,24)/t16-/m1/s1. The predicted octanol–water partition coefficient (Wildman–Crippen LogP) is 4.12. The van der Waals surface area contributed by atoms with Crippen molar-refractivity contribution in [2.24, 2.45) is 0 Å². The minimum absolute atomic E-state index is 0.0365. The Morgan fingerprint density at radius 3 is 2.38 bits per heavy atom. The first-order chi connectivity index (χ1) is 12.4. The van der Waals surface area contributed by atoms with Crippen LogP contribution in [0.5, 0.6) is 0 Å². The summed E-state index contributed by atoms with van der Waals surface area (Å²) in [6.07, 6.45) is -0.728. The van der Waals surface area contributed by atoms with Gasteiger partial charge in [0.1, 0.15) is 5.82 Å². The average Bonchev–Trinajstić information content (AvgIpc) is 3.06. The number of aryl methyl sites for hydroxylation is 1. The second-order valence-corrected chi connectivity index (χ2v) is 7.00. The van der Waals surface area contributed by atoms with Crippen LogP contribution in [0.25, 0.3) is 0 Å². The van der Waals surface area contributed by atoms with Gasteiger partial charge >= 0.3 is 5.97 Å². The van der Waals surface area contributed by atoms with Crippen LogP contribution in [0.4, 0.5) is 10.1 Å². The lowest BCUT2D eigenvalue weighted by atomic mass is 10.2. The van der Waals surface area contributed by atoms with Gasteiger partial charge in [-0.3, -0.25) is 14.4 Å². The van der Waals surface area contributed by atoms with E-state index in [1.165, 1.54) is 35.6 Å². The topological polar surface area (TPSA) is 72.5 Å². The van der Waals surface area contributed by atoms with E-state index in [-0.39, 0.29) is 25.0 Å². The maximum Gasteiger partial charge on any atom is 0.307 e. The largest absolute Gasteiger partial charge is 0.452 e. The van der Waals surface area contributed by atoms with Gasteiger partial charge in [-0.25, -0.2) is 4.39 Å². The SMILES string of the molecule is CC[C@@H](OC(=O)CCC(=O)c1ccc(C)s1)C(=O)Nc1ccc(F)cc1. The van der Waals surface area contributed by atoms with E-state index in [4.69, 9.17) is 4.74 Å². The van der Waals surface area contributed by atoms with Crippen LogP contribution in [0.3, 0.4) is 0 Å². The number of Topliss-reactive ketones (excluding diaryl/α,β-unsaturated/α-hetero) is 1. The Hall–Kier alpha value is -2.54. The molecular formula is C19H20FNO4S. The van der Waals surface area contributed by atoms with Crippen molar-refractivity contribution in [1.29, 1.82) is 0 Å². The van der Waals surface area contributed by atoms with Crippen molar-refractivity contribution in [3.63, 3.8) is 0 Å². The van der Waals surface area contributed by atoms with Crippen molar-refractivity contribution < 1.29 is 23.5 Å². The van der Waals surface area contributed by atoms with Gasteiger partial charge < -0.3 is 10.1 Å². The second kappa shape index (κ2) is 9.24. The average molecular weight is 377 g/mol. The molecule has 5 nitrogen and oxygen atoms in total. The molecule has 1 aromatic heterocycles. The van der Waals surface area contributed by atoms with E-state index in [1.807, 2.05) is 13.0 Å². The summed E-state index contributed by atoms with van der Waals surface area (Å²) in [6.45, 7) is 3.61. The summed E-state index contributed by atoms with van der Waals surface area (Å²) in [5, 5.41) is 2.57. The van der Waals surface area contributed by atoms with E-state index < -0.39 is 23.8 Å². The fourth-order valence-corrected chi connectivity index (χ4v) is 3.05. The summed E-state index contributed by atoms with van der Waals surface area (Å²) in [6, 6.07) is 8.87. The number of halogens is 1. The Morgan fingerprint density at radius 2 is 1.81 bits per heavy atom. The Labute approximate surface area is 155 Å². The number of ketones is 1. The lowest BCUT2D eigenvalue weighted by molar-refractivity contribution is -0.154. The predicted molar refractivity (Wildman–Crippen MR) is 97.8 cm³/mol. The second-order valence-electron chi connectivity index (χ2n) is 5.72. The summed E-state index contributed by atoms with van der Waals surface area (Å²) < 4.78 is 18.1. The molecule has 26 heavy (non-hydrogen) atoms. The van der Waals surface area contributed by atoms with Crippen LogP contribution >= 0.6 is 11.3 Å². The van der Waals surface area contributed by atoms with E-state index in [2.05, 4.69) is 5.32 Å². The molecule has 1 atom stereocenters. The Morgan fingerprint density at radius 1 is 1.12 bits per heavy atom. The number of ether oxygens (including phenoxy) is 1. The number of rotatable bonds is 8. The highest BCUT2D eigenvalue weighted by Crippen LogP contribution is 2.18. The number of benzene rings is 1. The van der Waals surface area contributed by atoms with Crippen molar-refractivity contribution in [2.75, 3.05) is 5.32 Å². The van der Waals surface area contributed by atoms with Crippen LogP contribution in [0, 0.1) is 12.7 Å². The molecule has 0 aliphatic carbocycles. The number of hydrogen-bond donors (Lipinski definition) is 1. The van der Waals surface area contributed by atoms with Crippen LogP contribution in [-0.2, 0) is 14.3 Å². The minimum Gasteiger partial charge on any atom is -0.452 e. The Kier molecular flexibility index (Phi) is 7.03. The van der Waals surface area contributed by atoms with Crippen LogP contribution < -0.4 is 5.32 Å². The lowest BCUT2D eigenvalue weighted by Gasteiger charge is -2.16. The maximum atomic E-state index is 12.9. The first-order valence-electron chi connectivity index (χ1n) is 8.24. The molecule has 1 heterocycles. The molecule has 0 aliphatic heterocycles. The van der Waals surface area contributed by atoms with Crippen molar-refractivity contribution in [1.82, 2.24) is 0 Å². The lowest BCUT2D eigenvalue weighted by Crippen LogP contribution is -2.32. The zero-order chi connectivity index (χ0) is 19.1. The van der Waals surface area contributed by atoms with Crippen molar-refractivity contribution in [3.8, 4) is 0 Å². The highest BCUT2D eigenvalue weighted by molar-refractivity contribution is 7.14. The molecule has 0 radical (unpaired) electrons. The first kappa shape index (κ1) is 19.8. The first-order valence-corrected chi connectivity index (χ1v) is 9.06. The fraction of sp³-hybridized carbons (Fsp3) is 0.316. The van der Waals surface area contributed by atoms with Gasteiger partial charge in [-0.1, -0.05) is 6.92 Å². The molecule has 2 rings (SSSR count). The molecule has 7 heteroatoms. The van der Waals surface area contributed by atoms with Crippen molar-refractivity contribution in [3.05, 3.63) is 52.0 Å². The minimum atomic E-state index is -0.966. The van der Waals surface area contributed by atoms with Crippen LogP contribution in [0.1, 0.15) is 40.7 Å². The van der Waals surface area contributed by atoms with Gasteiger partial charge in [0.25, 0.3) is 5.91 Å². The maximum absolute atomic E-state index is 12.9. The molecule has 0 saturated heterocycles. The molecule has 0 bridgehead atoms. The molecule has 0 unspecified atom stereocenters. The molecule has 0 fully saturated rings. The number of hydrogen-bond acceptors (Lipinski definition) is 5. The Balaban J connectivity index is 1.83. The third-order valence-corrected chi connectivity index (χ3v) is 4.66. The number of anilines is 1. The molecule has 0 aliphatic rings. The number of esters is 1. The highest BCUT2D eigenvalue weighted by Gasteiger charge is 2.22. The highest BCUT2D eigenvalue weighted by atomic mass is 32.1. The number of carbonyl (C=O) groups is 3. The summed E-state index contributed by atoms with van der Waals surface area (Å²) in [4.78, 5) is 37.8. The normalized spacial score (nSPS) is 11.7. The van der Waals surface area contributed by atoms with E-state index in [0.29, 0.717) is 10.6 Å². The van der Waals surface area contributed by atoms with E-state index in [0.717, 1.165) is 4.88 Å². The van der Waals surface area contributed by atoms with Gasteiger partial charge in [0.15, 0.2) is 11.9 Å². The van der Waals surface area contributed by atoms with Crippen LogP contribution in [0.2, 0.25) is 0 Å². The van der Waals surface area contributed by atoms with Gasteiger partial charge in [-0.15, -0.1) is 11.3 Å². The third-order valence-electron chi connectivity index (χ3n) is 3.62. The summed E-state index contributed by atoms with van der Waals surface area (Å²) in [7, 11) is 0. The zero-order valence-electron chi connectivity index (χ0n) is 14.6.